The van der Waals surface area contributed by atoms with Gasteiger partial charge in [0.25, 0.3) is 0 Å². The summed E-state index contributed by atoms with van der Waals surface area (Å²) in [7, 11) is 0. The summed E-state index contributed by atoms with van der Waals surface area (Å²) in [6, 6.07) is 3.77. The molecule has 2 rings (SSSR count). The topological polar surface area (TPSA) is 90.3 Å². The summed E-state index contributed by atoms with van der Waals surface area (Å²) in [5, 5.41) is 26.0. The summed E-state index contributed by atoms with van der Waals surface area (Å²) < 4.78 is 1.57. The van der Waals surface area contributed by atoms with Crippen LogP contribution in [0.2, 0.25) is 5.02 Å². The smallest absolute Gasteiger partial charge is 0.216 e. The SMILES string of the molecule is Cc1c(Cl)cc(Br)c(NC=C(C#N)c2nn[nH]n2)c1Br. The first-order valence-corrected chi connectivity index (χ1v) is 7.25. The molecule has 20 heavy (non-hydrogen) atoms. The van der Waals surface area contributed by atoms with E-state index < -0.39 is 0 Å². The Kier molecular flexibility index (Phi) is 4.75. The van der Waals surface area contributed by atoms with Gasteiger partial charge in [0.05, 0.1) is 5.69 Å². The number of anilines is 1. The summed E-state index contributed by atoms with van der Waals surface area (Å²) in [6.45, 7) is 1.89. The normalized spacial score (nSPS) is 11.2. The number of aromatic nitrogens is 4. The van der Waals surface area contributed by atoms with Gasteiger partial charge in [0.15, 0.2) is 0 Å². The molecule has 0 radical (unpaired) electrons. The molecular weight excluding hydrogens is 411 g/mol. The monoisotopic (exact) mass is 416 g/mol. The Bertz CT molecular complexity index is 705. The van der Waals surface area contributed by atoms with Crippen LogP contribution in [0.4, 0.5) is 5.69 Å². The average molecular weight is 418 g/mol. The summed E-state index contributed by atoms with van der Waals surface area (Å²) >= 11 is 13.0. The maximum absolute atomic E-state index is 9.09. The molecule has 0 aliphatic heterocycles. The van der Waals surface area contributed by atoms with Gasteiger partial charge in [-0.3, -0.25) is 0 Å². The molecule has 9 heteroatoms. The first kappa shape index (κ1) is 15.0. The van der Waals surface area contributed by atoms with Crippen LogP contribution in [0.25, 0.3) is 5.57 Å². The summed E-state index contributed by atoms with van der Waals surface area (Å²) in [6.07, 6.45) is 1.50. The van der Waals surface area contributed by atoms with E-state index in [0.717, 1.165) is 20.2 Å². The van der Waals surface area contributed by atoms with Gasteiger partial charge < -0.3 is 5.32 Å². The number of rotatable bonds is 3. The highest BCUT2D eigenvalue weighted by Crippen LogP contribution is 2.38. The molecule has 0 amide bonds. The van der Waals surface area contributed by atoms with Crippen LogP contribution >= 0.6 is 43.5 Å². The van der Waals surface area contributed by atoms with Crippen molar-refractivity contribution in [3.05, 3.63) is 37.6 Å². The van der Waals surface area contributed by atoms with E-state index in [1.54, 1.807) is 6.07 Å². The van der Waals surface area contributed by atoms with Crippen molar-refractivity contribution in [1.29, 1.82) is 5.26 Å². The van der Waals surface area contributed by atoms with Gasteiger partial charge in [0.2, 0.25) is 5.82 Å². The molecule has 0 saturated carbocycles. The van der Waals surface area contributed by atoms with Gasteiger partial charge in [-0.1, -0.05) is 11.6 Å². The van der Waals surface area contributed by atoms with E-state index >= 15 is 0 Å². The fourth-order valence-corrected chi connectivity index (χ4v) is 3.19. The van der Waals surface area contributed by atoms with Gasteiger partial charge in [0.1, 0.15) is 11.6 Å². The maximum atomic E-state index is 9.09. The number of aromatic amines is 1. The van der Waals surface area contributed by atoms with Crippen molar-refractivity contribution in [1.82, 2.24) is 20.6 Å². The quantitative estimate of drug-likeness (QED) is 0.743. The zero-order valence-corrected chi connectivity index (χ0v) is 14.0. The lowest BCUT2D eigenvalue weighted by atomic mass is 10.2. The molecule has 2 aromatic rings. The predicted molar refractivity (Wildman–Crippen MR) is 83.0 cm³/mol. The molecule has 0 aliphatic carbocycles. The second-order valence-corrected chi connectivity index (χ2v) is 5.76. The number of hydrogen-bond acceptors (Lipinski definition) is 5. The standard InChI is InChI=1S/C11H7Br2ClN6/c1-5-8(14)2-7(12)10(9(5)13)16-4-6(3-15)11-17-19-20-18-11/h2,4,16H,1H3,(H,17,18,19,20). The number of benzene rings is 1. The third kappa shape index (κ3) is 3.00. The molecule has 0 aliphatic rings. The van der Waals surface area contributed by atoms with E-state index in [-0.39, 0.29) is 11.4 Å². The van der Waals surface area contributed by atoms with Crippen LogP contribution in [0.3, 0.4) is 0 Å². The van der Waals surface area contributed by atoms with Crippen LogP contribution in [0.5, 0.6) is 0 Å². The van der Waals surface area contributed by atoms with Crippen LogP contribution in [-0.4, -0.2) is 20.6 Å². The summed E-state index contributed by atoms with van der Waals surface area (Å²) in [4.78, 5) is 0. The fraction of sp³-hybridized carbons (Fsp3) is 0.0909. The molecule has 6 nitrogen and oxygen atoms in total. The van der Waals surface area contributed by atoms with Gasteiger partial charge in [0, 0.05) is 20.2 Å². The van der Waals surface area contributed by atoms with Crippen LogP contribution in [-0.2, 0) is 0 Å². The van der Waals surface area contributed by atoms with E-state index in [9.17, 15) is 0 Å². The lowest BCUT2D eigenvalue weighted by molar-refractivity contribution is 0.881. The predicted octanol–water partition coefficient (Wildman–Crippen LogP) is 3.66. The number of halogens is 3. The third-order valence-electron chi connectivity index (χ3n) is 2.47. The Hall–Kier alpha value is -1.43. The number of nitrogens with zero attached hydrogens (tertiary/aromatic N) is 4. The van der Waals surface area contributed by atoms with Crippen molar-refractivity contribution in [2.24, 2.45) is 0 Å². The molecule has 0 atom stereocenters. The molecule has 102 valence electrons. The zero-order valence-electron chi connectivity index (χ0n) is 10.1. The highest BCUT2D eigenvalue weighted by molar-refractivity contribution is 9.11. The number of nitrogens with one attached hydrogen (secondary N) is 2. The Labute approximate surface area is 136 Å². The summed E-state index contributed by atoms with van der Waals surface area (Å²) in [5.41, 5.74) is 1.90. The molecule has 1 aromatic carbocycles. The first-order chi connectivity index (χ1) is 9.54. The van der Waals surface area contributed by atoms with Crippen molar-refractivity contribution < 1.29 is 0 Å². The fourth-order valence-electron chi connectivity index (χ4n) is 1.39. The van der Waals surface area contributed by atoms with Crippen LogP contribution < -0.4 is 5.32 Å². The van der Waals surface area contributed by atoms with E-state index in [1.165, 1.54) is 6.20 Å². The first-order valence-electron chi connectivity index (χ1n) is 5.29. The van der Waals surface area contributed by atoms with Crippen LogP contribution in [0, 0.1) is 18.3 Å². The Morgan fingerprint density at radius 1 is 1.55 bits per heavy atom. The van der Waals surface area contributed by atoms with Crippen molar-refractivity contribution in [2.45, 2.75) is 6.92 Å². The number of hydrogen-bond donors (Lipinski definition) is 2. The van der Waals surface area contributed by atoms with Gasteiger partial charge >= 0.3 is 0 Å². The van der Waals surface area contributed by atoms with Crippen LogP contribution in [0.1, 0.15) is 11.4 Å². The number of tetrazole rings is 1. The number of nitriles is 1. The number of allylic oxidation sites excluding steroid dienone is 1. The molecule has 0 bridgehead atoms. The highest BCUT2D eigenvalue weighted by Gasteiger charge is 2.12. The maximum Gasteiger partial charge on any atom is 0.216 e. The van der Waals surface area contributed by atoms with E-state index in [1.807, 2.05) is 13.0 Å². The minimum Gasteiger partial charge on any atom is -0.358 e. The second-order valence-electron chi connectivity index (χ2n) is 3.70. The van der Waals surface area contributed by atoms with Crippen molar-refractivity contribution >= 4 is 54.7 Å². The second kappa shape index (κ2) is 6.35. The van der Waals surface area contributed by atoms with Gasteiger partial charge in [-0.2, -0.15) is 10.5 Å². The lowest BCUT2D eigenvalue weighted by Gasteiger charge is -2.11. The van der Waals surface area contributed by atoms with Gasteiger partial charge in [-0.15, -0.1) is 10.2 Å². The highest BCUT2D eigenvalue weighted by atomic mass is 79.9. The van der Waals surface area contributed by atoms with Crippen molar-refractivity contribution in [2.75, 3.05) is 5.32 Å². The van der Waals surface area contributed by atoms with Gasteiger partial charge in [-0.25, -0.2) is 0 Å². The Morgan fingerprint density at radius 2 is 2.30 bits per heavy atom. The molecule has 2 N–H and O–H groups in total. The molecule has 0 fully saturated rings. The molecular formula is C11H7Br2ClN6. The molecule has 0 spiro atoms. The summed E-state index contributed by atoms with van der Waals surface area (Å²) in [5.74, 6) is 0.220. The lowest BCUT2D eigenvalue weighted by Crippen LogP contribution is -1.96. The minimum absolute atomic E-state index is 0.220. The molecule has 1 heterocycles. The average Bonchev–Trinajstić information content (AvgIpc) is 2.94. The Balaban J connectivity index is 2.36. The van der Waals surface area contributed by atoms with Crippen LogP contribution in [0.15, 0.2) is 21.2 Å². The molecule has 0 saturated heterocycles. The van der Waals surface area contributed by atoms with Crippen molar-refractivity contribution in [3.8, 4) is 6.07 Å². The van der Waals surface area contributed by atoms with E-state index in [2.05, 4.69) is 57.8 Å². The Morgan fingerprint density at radius 3 is 2.90 bits per heavy atom. The zero-order chi connectivity index (χ0) is 14.7. The van der Waals surface area contributed by atoms with Crippen molar-refractivity contribution in [3.63, 3.8) is 0 Å². The number of H-pyrrole nitrogens is 1. The van der Waals surface area contributed by atoms with Gasteiger partial charge in [-0.05, 0) is 55.6 Å². The largest absolute Gasteiger partial charge is 0.358 e. The third-order valence-corrected chi connectivity index (χ3v) is 4.48. The van der Waals surface area contributed by atoms with E-state index in [0.29, 0.717) is 5.02 Å². The molecule has 1 aromatic heterocycles. The van der Waals surface area contributed by atoms with E-state index in [4.69, 9.17) is 16.9 Å². The molecule has 0 unspecified atom stereocenters. The minimum atomic E-state index is 0.220.